The number of hydrogen-bond acceptors (Lipinski definition) is 16. The van der Waals surface area contributed by atoms with Gasteiger partial charge in [0.25, 0.3) is 17.7 Å². The molecule has 0 fully saturated rings. The minimum absolute atomic E-state index is 0.00407. The van der Waals surface area contributed by atoms with Gasteiger partial charge in [0, 0.05) is 179 Å². The Balaban J connectivity index is 0.000000167. The summed E-state index contributed by atoms with van der Waals surface area (Å²) in [5.74, 6) is -2.83. The summed E-state index contributed by atoms with van der Waals surface area (Å²) in [5.41, 5.74) is 5.95. The van der Waals surface area contributed by atoms with Crippen LogP contribution in [0.3, 0.4) is 0 Å². The first-order valence-electron chi connectivity index (χ1n) is 44.4. The number of imidazole rings is 1. The van der Waals surface area contributed by atoms with E-state index in [2.05, 4.69) is 81.7 Å². The van der Waals surface area contributed by atoms with Crippen LogP contribution in [-0.2, 0) is 0 Å². The molecule has 9 heterocycles. The average molecular weight is 1450 g/mol. The number of aryl methyl sites for hydroxylation is 6. The maximum absolute atomic E-state index is 13.6. The largest absolute Gasteiger partial charge is 0.324 e. The molecule has 0 radical (unpaired) electrons. The van der Waals surface area contributed by atoms with Crippen molar-refractivity contribution in [1.29, 1.82) is 0 Å². The first kappa shape index (κ1) is 48.5. The minimum Gasteiger partial charge on any atom is -0.324 e. The molecule has 0 aliphatic heterocycles. The van der Waals surface area contributed by atoms with Gasteiger partial charge in [-0.25, -0.2) is 34.9 Å². The molecule has 15 aromatic rings. The van der Waals surface area contributed by atoms with E-state index in [-0.39, 0.29) is 100 Å². The van der Waals surface area contributed by atoms with Gasteiger partial charge in [0.1, 0.15) is 1.37 Å². The number of amides is 3. The zero-order valence-corrected chi connectivity index (χ0v) is 58.6. The zero-order valence-electron chi connectivity index (χ0n) is 81.6. The van der Waals surface area contributed by atoms with Crippen molar-refractivity contribution in [1.82, 2.24) is 63.5 Å². The molecule has 22 heteroatoms. The Bertz CT molecular complexity index is 6780. The second-order valence-corrected chi connectivity index (χ2v) is 24.1. The number of hydrogen-bond donors (Lipinski definition) is 6. The summed E-state index contributed by atoms with van der Waals surface area (Å²) >= 11 is 0. The van der Waals surface area contributed by atoms with Crippen LogP contribution < -0.4 is 31.9 Å². The van der Waals surface area contributed by atoms with E-state index in [0.717, 1.165) is 16.8 Å². The van der Waals surface area contributed by atoms with Gasteiger partial charge in [-0.15, -0.1) is 0 Å². The highest BCUT2D eigenvalue weighted by molar-refractivity contribution is 6.07. The Morgan fingerprint density at radius 3 is 1.31 bits per heavy atom. The topological polar surface area (TPSA) is 267 Å². The van der Waals surface area contributed by atoms with E-state index in [1.165, 1.54) is 46.8 Å². The molecule has 6 N–H and O–H groups in total. The van der Waals surface area contributed by atoms with Crippen LogP contribution in [0.5, 0.6) is 0 Å². The van der Waals surface area contributed by atoms with Crippen molar-refractivity contribution in [2.24, 2.45) is 0 Å². The smallest absolute Gasteiger partial charge is 0.255 e. The van der Waals surface area contributed by atoms with Crippen LogP contribution in [0, 0.1) is 62.2 Å². The summed E-state index contributed by atoms with van der Waals surface area (Å²) < 4.78 is 195. The Morgan fingerprint density at radius 2 is 0.889 bits per heavy atom. The number of rotatable bonds is 18. The number of nitrogens with zero attached hydrogens (tertiary/aromatic N) is 13. The van der Waals surface area contributed by atoms with Gasteiger partial charge in [0.05, 0.1) is 51.0 Å². The van der Waals surface area contributed by atoms with Gasteiger partial charge in [0.2, 0.25) is 17.8 Å². The van der Waals surface area contributed by atoms with Crippen LogP contribution in [0.1, 0.15) is 113 Å². The molecule has 3 amide bonds. The van der Waals surface area contributed by atoms with E-state index in [9.17, 15) is 14.4 Å². The van der Waals surface area contributed by atoms with Crippen molar-refractivity contribution in [3.63, 3.8) is 0 Å². The van der Waals surface area contributed by atoms with E-state index in [1.807, 2.05) is 42.9 Å². The van der Waals surface area contributed by atoms with Gasteiger partial charge in [0.15, 0.2) is 0 Å². The minimum atomic E-state index is -2.92. The van der Waals surface area contributed by atoms with Gasteiger partial charge in [-0.05, 0) is 264 Å². The highest BCUT2D eigenvalue weighted by Crippen LogP contribution is 2.30. The van der Waals surface area contributed by atoms with Crippen LogP contribution in [0.25, 0.3) is 50.8 Å². The Morgan fingerprint density at radius 1 is 0.426 bits per heavy atom. The molecule has 0 aliphatic carbocycles. The number of anilines is 9. The Hall–Kier alpha value is -14.4. The van der Waals surface area contributed by atoms with E-state index in [0.29, 0.717) is 62.0 Å². The molecule has 6 aromatic carbocycles. The molecule has 0 unspecified atom stereocenters. The van der Waals surface area contributed by atoms with Gasteiger partial charge in [-0.2, -0.15) is 0 Å². The lowest BCUT2D eigenvalue weighted by atomic mass is 10.1. The Labute approximate surface area is 657 Å². The van der Waals surface area contributed by atoms with Gasteiger partial charge in [-0.1, -0.05) is 18.1 Å². The molecule has 9 aromatic heterocycles. The SMILES string of the molecule is [2H]c1c([2H])c(C([2H])([2H])[2H])c(Nc2nccc(-c3cccnc3)n2)c([2H])c1C(=O)Nc1cc(C)cc(-n2c([2H])cc(C)c2[2H])c1.[2H]c1c([2H])c(C([2H])([2H])[2H])c(Nc2nccc(-c3cccnc3)n2)c([2H])c1C(=O)Nc1cc(C)cc(-n2c([2H])nc(C)c2[2H])c1.[2H]c1nc([2H])c(-c2ccnc(Nc3c([2H])c(C(=O)Nc4cc(C)cc(-n5ccc(C)c5)c4)c([2H])c([2H])c3C)n2)c([2H])c1[2H]. The number of aromatic nitrogens is 13. The summed E-state index contributed by atoms with van der Waals surface area (Å²) in [6.45, 7) is 6.40. The van der Waals surface area contributed by atoms with Crippen molar-refractivity contribution in [3.8, 4) is 50.8 Å². The predicted molar refractivity (Wildman–Crippen MR) is 427 cm³/mol. The summed E-state index contributed by atoms with van der Waals surface area (Å²) in [7, 11) is 0. The Kier molecular flexibility index (Phi) is 14.8. The van der Waals surface area contributed by atoms with Gasteiger partial charge >= 0.3 is 0 Å². The number of benzene rings is 6. The molecular formula is C86H77N19O3. The molecule has 15 rings (SSSR count). The van der Waals surface area contributed by atoms with Crippen molar-refractivity contribution in [3.05, 3.63) is 335 Å². The van der Waals surface area contributed by atoms with Crippen LogP contribution in [0.15, 0.2) is 269 Å². The van der Waals surface area contributed by atoms with Crippen molar-refractivity contribution in [2.45, 2.75) is 62.2 Å². The third-order valence-corrected chi connectivity index (χ3v) is 15.5. The van der Waals surface area contributed by atoms with Gasteiger partial charge in [-0.3, -0.25) is 29.3 Å². The second-order valence-electron chi connectivity index (χ2n) is 24.1. The standard InChI is InChI=1S/2C29H26N6O.C28H25N7O/c2*1-19-9-12-35(18-19)25-14-20(2)13-24(16-25)32-28(36)22-7-6-21(3)27(15-22)34-29-31-11-8-26(33-29)23-5-4-10-30-17-23;1-18-11-23(14-24(12-18)35-16-20(3)31-17-35)32-27(36)21-7-6-19(2)26(13-21)34-28-30-10-8-25(33-28)22-5-4-9-29-15-22/h2*4-18H,1-3H3,(H,32,36)(H,31,33,34);4-17H,1-3H3,(H,32,36)(H,30,33,34)/i4D,5D,6D,7D,10D,15D,17D;3D3,6D,7D,12D,15D,18D;2D3,6D,7D,13D,16D,17D. The fraction of sp³-hybridized carbons (Fsp3) is 0.105. The van der Waals surface area contributed by atoms with Crippen LogP contribution in [0.4, 0.5) is 52.0 Å². The summed E-state index contributed by atoms with van der Waals surface area (Å²) in [6, 6.07) is 24.3. The molecule has 0 spiro atoms. The highest BCUT2D eigenvalue weighted by Gasteiger charge is 2.17. The lowest BCUT2D eigenvalue weighted by Gasteiger charge is -2.13. The number of carbonyl (C=O) groups is 3. The summed E-state index contributed by atoms with van der Waals surface area (Å²) in [6.07, 6.45) is 13.6. The normalized spacial score (nSPS) is 14.0. The maximum atomic E-state index is 13.6. The quantitative estimate of drug-likeness (QED) is 0.0466. The zero-order chi connectivity index (χ0) is 95.0. The molecule has 0 aliphatic rings. The first-order valence-corrected chi connectivity index (χ1v) is 32.9. The predicted octanol–water partition coefficient (Wildman–Crippen LogP) is 18.1. The molecular weight excluding hydrogens is 1350 g/mol. The first-order chi connectivity index (χ1) is 61.9. The summed E-state index contributed by atoms with van der Waals surface area (Å²) in [4.78, 5) is 82.0. The monoisotopic (exact) mass is 1450 g/mol. The van der Waals surface area contributed by atoms with Gasteiger partial charge < -0.3 is 45.6 Å². The van der Waals surface area contributed by atoms with E-state index in [4.69, 9.17) is 31.5 Å². The average Bonchev–Trinajstić information content (AvgIpc) is 1.36. The molecule has 108 heavy (non-hydrogen) atoms. The maximum Gasteiger partial charge on any atom is 0.255 e. The fourth-order valence-corrected chi connectivity index (χ4v) is 10.5. The van der Waals surface area contributed by atoms with Crippen molar-refractivity contribution >= 4 is 69.7 Å². The number of pyridine rings is 3. The van der Waals surface area contributed by atoms with Crippen LogP contribution in [0.2, 0.25) is 0 Å². The molecule has 22 nitrogen and oxygen atoms in total. The lowest BCUT2D eigenvalue weighted by Crippen LogP contribution is -2.13. The van der Waals surface area contributed by atoms with E-state index >= 15 is 0 Å². The third kappa shape index (κ3) is 18.5. The van der Waals surface area contributed by atoms with Crippen molar-refractivity contribution in [2.75, 3.05) is 31.9 Å². The molecule has 0 saturated heterocycles. The van der Waals surface area contributed by atoms with E-state index < -0.39 is 126 Å². The van der Waals surface area contributed by atoms with Crippen molar-refractivity contribution < 1.29 is 45.9 Å². The molecule has 534 valence electrons. The lowest BCUT2D eigenvalue weighted by molar-refractivity contribution is 0.101. The number of carbonyl (C=O) groups excluding carboxylic acids is 3. The highest BCUT2D eigenvalue weighted by atomic mass is 16.2. The van der Waals surface area contributed by atoms with E-state index in [1.54, 1.807) is 137 Å². The molecule has 0 saturated carbocycles. The second kappa shape index (κ2) is 32.9. The van der Waals surface area contributed by atoms with Crippen LogP contribution in [-0.4, -0.2) is 81.3 Å². The third-order valence-electron chi connectivity index (χ3n) is 15.5. The molecule has 0 atom stereocenters. The molecule has 0 bridgehead atoms. The number of nitrogens with one attached hydrogen (secondary N) is 6. The van der Waals surface area contributed by atoms with Crippen LogP contribution >= 0.6 is 0 Å². The fourth-order valence-electron chi connectivity index (χ4n) is 10.5. The summed E-state index contributed by atoms with van der Waals surface area (Å²) in [5, 5.41) is 16.3.